The Kier molecular flexibility index (Phi) is 7.58. The molecule has 38 heavy (non-hydrogen) atoms. The second kappa shape index (κ2) is 10.9. The average molecular weight is 544 g/mol. The van der Waals surface area contributed by atoms with E-state index >= 15 is 0 Å². The zero-order valence-electron chi connectivity index (χ0n) is 21.7. The minimum Gasteiger partial charge on any atom is -0.362 e. The molecule has 202 valence electrons. The summed E-state index contributed by atoms with van der Waals surface area (Å²) in [7, 11) is 5.31. The van der Waals surface area contributed by atoms with E-state index in [9.17, 15) is 13.2 Å². The van der Waals surface area contributed by atoms with Gasteiger partial charge >= 0.3 is 6.18 Å². The van der Waals surface area contributed by atoms with E-state index in [0.29, 0.717) is 30.1 Å². The summed E-state index contributed by atoms with van der Waals surface area (Å²) < 4.78 is 40.1. The highest BCUT2D eigenvalue weighted by Gasteiger charge is 2.35. The smallest absolute Gasteiger partial charge is 0.362 e. The molecule has 2 N–H and O–H groups in total. The molecule has 3 heterocycles. The van der Waals surface area contributed by atoms with Crippen LogP contribution in [0.2, 0.25) is 0 Å². The van der Waals surface area contributed by atoms with E-state index in [4.69, 9.17) is 9.97 Å². The van der Waals surface area contributed by atoms with Crippen LogP contribution in [-0.4, -0.2) is 46.4 Å². The Morgan fingerprint density at radius 1 is 1.05 bits per heavy atom. The molecular weight excluding hydrogens is 511 g/mol. The van der Waals surface area contributed by atoms with Crippen LogP contribution in [-0.2, 0) is 19.8 Å². The van der Waals surface area contributed by atoms with E-state index in [1.165, 1.54) is 18.4 Å². The van der Waals surface area contributed by atoms with Gasteiger partial charge in [-0.25, -0.2) is 4.98 Å². The van der Waals surface area contributed by atoms with Crippen molar-refractivity contribution in [2.75, 3.05) is 30.9 Å². The van der Waals surface area contributed by atoms with Crippen molar-refractivity contribution in [1.82, 2.24) is 25.1 Å². The van der Waals surface area contributed by atoms with Gasteiger partial charge in [-0.3, -0.25) is 4.68 Å². The highest BCUT2D eigenvalue weighted by atomic mass is 32.1. The summed E-state index contributed by atoms with van der Waals surface area (Å²) in [5.74, 6) is 2.18. The lowest BCUT2D eigenvalue weighted by Crippen LogP contribution is -2.31. The van der Waals surface area contributed by atoms with Crippen LogP contribution in [0.4, 0.5) is 24.9 Å². The van der Waals surface area contributed by atoms with Gasteiger partial charge in [0.1, 0.15) is 17.2 Å². The van der Waals surface area contributed by atoms with Crippen molar-refractivity contribution in [3.05, 3.63) is 53.0 Å². The first kappa shape index (κ1) is 26.4. The molecule has 1 aliphatic rings. The number of aromatic nitrogens is 4. The lowest BCUT2D eigenvalue weighted by Gasteiger charge is -2.29. The molecule has 1 fully saturated rings. The summed E-state index contributed by atoms with van der Waals surface area (Å²) in [6, 6.07) is 13.3. The molecule has 0 radical (unpaired) electrons. The highest BCUT2D eigenvalue weighted by Crippen LogP contribution is 2.34. The van der Waals surface area contributed by atoms with Gasteiger partial charge in [-0.15, -0.1) is 11.3 Å². The standard InChI is InChI=1S/C27H32F3N7S/c1-36(2)25-20-6-4-5-7-21(20)33-26(34-25)32-18-10-8-17(9-11-18)15-31-16-19-12-13-23(38-19)22-14-24(27(28,29)30)37(3)35-22/h4-7,12-14,17-18,31H,8-11,15-16H2,1-3H3,(H,32,33,34)/t17-,18+. The summed E-state index contributed by atoms with van der Waals surface area (Å²) >= 11 is 1.48. The number of benzene rings is 1. The fourth-order valence-electron chi connectivity index (χ4n) is 5.02. The Labute approximate surface area is 224 Å². The van der Waals surface area contributed by atoms with E-state index in [0.717, 1.165) is 69.5 Å². The van der Waals surface area contributed by atoms with E-state index in [1.54, 1.807) is 0 Å². The summed E-state index contributed by atoms with van der Waals surface area (Å²) in [6.07, 6.45) is -0.0620. The van der Waals surface area contributed by atoms with Gasteiger partial charge in [0, 0.05) is 44.0 Å². The summed E-state index contributed by atoms with van der Waals surface area (Å²) in [4.78, 5) is 13.3. The van der Waals surface area contributed by atoms with Crippen LogP contribution in [0.3, 0.4) is 0 Å². The van der Waals surface area contributed by atoms with Gasteiger partial charge < -0.3 is 15.5 Å². The van der Waals surface area contributed by atoms with E-state index in [-0.39, 0.29) is 0 Å². The zero-order valence-corrected chi connectivity index (χ0v) is 22.5. The van der Waals surface area contributed by atoms with Gasteiger partial charge in [-0.1, -0.05) is 12.1 Å². The summed E-state index contributed by atoms with van der Waals surface area (Å²) in [6.45, 7) is 1.61. The maximum Gasteiger partial charge on any atom is 0.433 e. The molecule has 0 aliphatic heterocycles. The lowest BCUT2D eigenvalue weighted by atomic mass is 9.86. The van der Waals surface area contributed by atoms with Crippen molar-refractivity contribution in [2.45, 2.75) is 44.4 Å². The second-order valence-electron chi connectivity index (χ2n) is 10.1. The van der Waals surface area contributed by atoms with Gasteiger partial charge in [0.05, 0.1) is 10.4 Å². The van der Waals surface area contributed by atoms with Gasteiger partial charge in [0.15, 0.2) is 0 Å². The van der Waals surface area contributed by atoms with Gasteiger partial charge in [0.25, 0.3) is 0 Å². The lowest BCUT2D eigenvalue weighted by molar-refractivity contribution is -0.143. The van der Waals surface area contributed by atoms with Crippen LogP contribution in [0.1, 0.15) is 36.3 Å². The van der Waals surface area contributed by atoms with Gasteiger partial charge in [0.2, 0.25) is 5.95 Å². The molecule has 7 nitrogen and oxygen atoms in total. The third-order valence-corrected chi connectivity index (χ3v) is 8.11. The number of thiophene rings is 1. The number of hydrogen-bond donors (Lipinski definition) is 2. The van der Waals surface area contributed by atoms with E-state index < -0.39 is 11.9 Å². The molecule has 5 rings (SSSR count). The van der Waals surface area contributed by atoms with Crippen LogP contribution in [0.25, 0.3) is 21.5 Å². The molecule has 1 saturated carbocycles. The number of rotatable bonds is 8. The average Bonchev–Trinajstić information content (AvgIpc) is 3.51. The number of nitrogens with zero attached hydrogens (tertiary/aromatic N) is 5. The Bertz CT molecular complexity index is 1390. The molecule has 0 atom stereocenters. The number of aryl methyl sites for hydroxylation is 1. The Hall–Kier alpha value is -3.18. The van der Waals surface area contributed by atoms with Crippen molar-refractivity contribution in [1.29, 1.82) is 0 Å². The van der Waals surface area contributed by atoms with Crippen LogP contribution in [0, 0.1) is 5.92 Å². The number of para-hydroxylation sites is 1. The Morgan fingerprint density at radius 3 is 2.53 bits per heavy atom. The van der Waals surface area contributed by atoms with E-state index in [1.807, 2.05) is 55.4 Å². The number of fused-ring (bicyclic) bond motifs is 1. The second-order valence-corrected chi connectivity index (χ2v) is 11.2. The quantitative estimate of drug-likeness (QED) is 0.287. The SMILES string of the molecule is CN(C)c1nc(N[C@H]2CC[C@@H](CNCc3ccc(-c4cc(C(F)(F)F)n(C)n4)s3)CC2)nc2ccccc12. The summed E-state index contributed by atoms with van der Waals surface area (Å²) in [5.41, 5.74) is 0.554. The number of nitrogens with one attached hydrogen (secondary N) is 2. The maximum atomic E-state index is 13.1. The third-order valence-electron chi connectivity index (χ3n) is 7.00. The first-order valence-corrected chi connectivity index (χ1v) is 13.6. The van der Waals surface area contributed by atoms with Crippen molar-refractivity contribution < 1.29 is 13.2 Å². The monoisotopic (exact) mass is 543 g/mol. The molecule has 0 amide bonds. The number of hydrogen-bond acceptors (Lipinski definition) is 7. The van der Waals surface area contributed by atoms with Crippen molar-refractivity contribution in [2.24, 2.45) is 13.0 Å². The van der Waals surface area contributed by atoms with Crippen LogP contribution in [0.5, 0.6) is 0 Å². The minimum absolute atomic E-state index is 0.349. The maximum absolute atomic E-state index is 13.1. The summed E-state index contributed by atoms with van der Waals surface area (Å²) in [5, 5.41) is 12.2. The van der Waals surface area contributed by atoms with Gasteiger partial charge in [-0.2, -0.15) is 23.3 Å². The normalized spacial score (nSPS) is 18.2. The molecule has 1 aromatic carbocycles. The van der Waals surface area contributed by atoms with Crippen molar-refractivity contribution in [3.63, 3.8) is 0 Å². The number of anilines is 2. The third kappa shape index (κ3) is 5.94. The Balaban J connectivity index is 1.10. The van der Waals surface area contributed by atoms with Crippen molar-refractivity contribution >= 4 is 34.0 Å². The molecule has 4 aromatic rings. The topological polar surface area (TPSA) is 70.9 Å². The van der Waals surface area contributed by atoms with Crippen LogP contribution in [0.15, 0.2) is 42.5 Å². The van der Waals surface area contributed by atoms with Gasteiger partial charge in [-0.05, 0) is 68.5 Å². The number of halogens is 3. The predicted molar refractivity (Wildman–Crippen MR) is 146 cm³/mol. The zero-order chi connectivity index (χ0) is 26.9. The fraction of sp³-hybridized carbons (Fsp3) is 0.444. The fourth-order valence-corrected chi connectivity index (χ4v) is 5.96. The predicted octanol–water partition coefficient (Wildman–Crippen LogP) is 5.94. The molecular formula is C27H32F3N7S. The molecule has 0 saturated heterocycles. The largest absolute Gasteiger partial charge is 0.433 e. The first-order valence-electron chi connectivity index (χ1n) is 12.8. The molecule has 0 unspecified atom stereocenters. The minimum atomic E-state index is -4.41. The van der Waals surface area contributed by atoms with Crippen LogP contribution >= 0.6 is 11.3 Å². The molecule has 11 heteroatoms. The Morgan fingerprint density at radius 2 is 1.82 bits per heavy atom. The van der Waals surface area contributed by atoms with Crippen molar-refractivity contribution in [3.8, 4) is 10.6 Å². The molecule has 0 spiro atoms. The van der Waals surface area contributed by atoms with Crippen LogP contribution < -0.4 is 15.5 Å². The molecule has 3 aromatic heterocycles. The first-order chi connectivity index (χ1) is 18.2. The van der Waals surface area contributed by atoms with E-state index in [2.05, 4.69) is 15.7 Å². The number of alkyl halides is 3. The molecule has 1 aliphatic carbocycles. The highest BCUT2D eigenvalue weighted by molar-refractivity contribution is 7.15. The molecule has 0 bridgehead atoms.